The molecule has 1 spiro atoms. The zero-order valence-electron chi connectivity index (χ0n) is 8.69. The van der Waals surface area contributed by atoms with Gasteiger partial charge in [0.25, 0.3) is 5.79 Å². The van der Waals surface area contributed by atoms with E-state index in [9.17, 15) is 5.11 Å². The quantitative estimate of drug-likeness (QED) is 0.766. The van der Waals surface area contributed by atoms with Crippen molar-refractivity contribution in [3.63, 3.8) is 0 Å². The summed E-state index contributed by atoms with van der Waals surface area (Å²) in [6.45, 7) is 1.75. The Morgan fingerprint density at radius 1 is 1.27 bits per heavy atom. The van der Waals surface area contributed by atoms with E-state index in [0.717, 1.165) is 36.3 Å². The van der Waals surface area contributed by atoms with E-state index in [1.54, 1.807) is 6.92 Å². The largest absolute Gasteiger partial charge is 0.448 e. The summed E-state index contributed by atoms with van der Waals surface area (Å²) in [6.07, 6.45) is 2.63. The van der Waals surface area contributed by atoms with Crippen LogP contribution >= 0.6 is 0 Å². The minimum Gasteiger partial charge on any atom is -0.448 e. The highest BCUT2D eigenvalue weighted by atomic mass is 16.7. The second-order valence-electron chi connectivity index (χ2n) is 4.35. The molecule has 1 N–H and O–H groups in total. The molecule has 1 aliphatic heterocycles. The molecule has 3 rings (SSSR count). The fourth-order valence-electron chi connectivity index (χ4n) is 2.04. The lowest BCUT2D eigenvalue weighted by atomic mass is 9.91. The molecule has 1 saturated carbocycles. The van der Waals surface area contributed by atoms with Gasteiger partial charge in [0.15, 0.2) is 11.5 Å². The summed E-state index contributed by atoms with van der Waals surface area (Å²) in [5.74, 6) is 1.20. The van der Waals surface area contributed by atoms with Gasteiger partial charge in [-0.05, 0) is 31.0 Å². The van der Waals surface area contributed by atoms with Crippen molar-refractivity contribution in [1.29, 1.82) is 0 Å². The number of hydrogen-bond donors (Lipinski definition) is 1. The van der Waals surface area contributed by atoms with Gasteiger partial charge in [0.05, 0.1) is 6.10 Å². The molecule has 0 aromatic heterocycles. The van der Waals surface area contributed by atoms with Crippen molar-refractivity contribution < 1.29 is 14.6 Å². The van der Waals surface area contributed by atoms with E-state index < -0.39 is 6.10 Å². The Morgan fingerprint density at radius 3 is 2.60 bits per heavy atom. The highest BCUT2D eigenvalue weighted by Gasteiger charge is 2.47. The molecule has 15 heavy (non-hydrogen) atoms. The molecule has 0 bridgehead atoms. The first kappa shape index (κ1) is 9.04. The number of fused-ring (bicyclic) bond motifs is 1. The molecule has 0 radical (unpaired) electrons. The topological polar surface area (TPSA) is 38.7 Å². The van der Waals surface area contributed by atoms with Crippen LogP contribution in [0.25, 0.3) is 0 Å². The average Bonchev–Trinajstić information content (AvgIpc) is 2.54. The highest BCUT2D eigenvalue weighted by molar-refractivity contribution is 5.46. The molecule has 3 nitrogen and oxygen atoms in total. The first-order valence-electron chi connectivity index (χ1n) is 5.39. The standard InChI is InChI=1S/C12H14O3/c1-8(13)9-3-4-10-11(7-9)15-12(14-10)5-2-6-12/h3-4,7-8,13H,2,5-6H2,1H3. The third-order valence-electron chi connectivity index (χ3n) is 3.16. The van der Waals surface area contributed by atoms with E-state index in [1.807, 2.05) is 18.2 Å². The number of rotatable bonds is 1. The number of hydrogen-bond acceptors (Lipinski definition) is 3. The molecule has 1 heterocycles. The smallest absolute Gasteiger partial charge is 0.251 e. The van der Waals surface area contributed by atoms with Crippen molar-refractivity contribution in [2.24, 2.45) is 0 Å². The average molecular weight is 206 g/mol. The van der Waals surface area contributed by atoms with Crippen LogP contribution in [0.2, 0.25) is 0 Å². The monoisotopic (exact) mass is 206 g/mol. The second-order valence-corrected chi connectivity index (χ2v) is 4.35. The predicted octanol–water partition coefficient (Wildman–Crippen LogP) is 2.39. The maximum atomic E-state index is 9.46. The molecular weight excluding hydrogens is 192 g/mol. The molecule has 1 aliphatic carbocycles. The first-order chi connectivity index (χ1) is 7.19. The molecule has 1 fully saturated rings. The summed E-state index contributed by atoms with van der Waals surface area (Å²) in [5, 5.41) is 9.46. The van der Waals surface area contributed by atoms with Crippen molar-refractivity contribution in [3.8, 4) is 11.5 Å². The van der Waals surface area contributed by atoms with E-state index in [1.165, 1.54) is 0 Å². The Hall–Kier alpha value is -1.22. The molecule has 2 aliphatic rings. The van der Waals surface area contributed by atoms with Crippen LogP contribution in [-0.4, -0.2) is 10.9 Å². The van der Waals surface area contributed by atoms with Gasteiger partial charge in [-0.1, -0.05) is 6.07 Å². The lowest BCUT2D eigenvalue weighted by molar-refractivity contribution is -0.138. The van der Waals surface area contributed by atoms with E-state index in [2.05, 4.69) is 0 Å². The molecule has 3 heteroatoms. The van der Waals surface area contributed by atoms with Crippen LogP contribution in [0.5, 0.6) is 11.5 Å². The van der Waals surface area contributed by atoms with Gasteiger partial charge in [0.1, 0.15) is 0 Å². The number of aliphatic hydroxyl groups excluding tert-OH is 1. The Bertz CT molecular complexity index is 394. The van der Waals surface area contributed by atoms with Gasteiger partial charge in [-0.15, -0.1) is 0 Å². The van der Waals surface area contributed by atoms with Crippen LogP contribution in [0.15, 0.2) is 18.2 Å². The molecule has 0 amide bonds. The number of aliphatic hydroxyl groups is 1. The minimum absolute atomic E-state index is 0.375. The van der Waals surface area contributed by atoms with Crippen molar-refractivity contribution >= 4 is 0 Å². The molecule has 80 valence electrons. The Labute approximate surface area is 88.6 Å². The summed E-state index contributed by atoms with van der Waals surface area (Å²) >= 11 is 0. The van der Waals surface area contributed by atoms with Crippen molar-refractivity contribution in [2.45, 2.75) is 38.1 Å². The second kappa shape index (κ2) is 2.89. The number of benzene rings is 1. The number of ether oxygens (including phenoxy) is 2. The van der Waals surface area contributed by atoms with Crippen LogP contribution in [-0.2, 0) is 0 Å². The van der Waals surface area contributed by atoms with E-state index in [-0.39, 0.29) is 5.79 Å². The van der Waals surface area contributed by atoms with Crippen LogP contribution in [0, 0.1) is 0 Å². The van der Waals surface area contributed by atoms with Crippen LogP contribution < -0.4 is 9.47 Å². The SMILES string of the molecule is CC(O)c1ccc2c(c1)OC1(CCC1)O2. The van der Waals surface area contributed by atoms with Gasteiger partial charge in [0.2, 0.25) is 0 Å². The maximum absolute atomic E-state index is 9.46. The molecular formula is C12H14O3. The highest BCUT2D eigenvalue weighted by Crippen LogP contribution is 2.48. The summed E-state index contributed by atoms with van der Waals surface area (Å²) in [6, 6.07) is 5.63. The minimum atomic E-state index is -0.461. The summed E-state index contributed by atoms with van der Waals surface area (Å²) < 4.78 is 11.5. The van der Waals surface area contributed by atoms with E-state index >= 15 is 0 Å². The van der Waals surface area contributed by atoms with Gasteiger partial charge in [-0.3, -0.25) is 0 Å². The lowest BCUT2D eigenvalue weighted by Gasteiger charge is -2.35. The first-order valence-corrected chi connectivity index (χ1v) is 5.39. The Kier molecular flexibility index (Phi) is 1.74. The van der Waals surface area contributed by atoms with Crippen LogP contribution in [0.3, 0.4) is 0 Å². The zero-order chi connectivity index (χ0) is 10.5. The van der Waals surface area contributed by atoms with Gasteiger partial charge in [-0.2, -0.15) is 0 Å². The molecule has 1 atom stereocenters. The third kappa shape index (κ3) is 1.30. The fourth-order valence-corrected chi connectivity index (χ4v) is 2.04. The molecule has 1 aromatic carbocycles. The Balaban J connectivity index is 1.93. The van der Waals surface area contributed by atoms with Crippen LogP contribution in [0.4, 0.5) is 0 Å². The van der Waals surface area contributed by atoms with Crippen LogP contribution in [0.1, 0.15) is 37.9 Å². The molecule has 1 unspecified atom stereocenters. The van der Waals surface area contributed by atoms with E-state index in [4.69, 9.17) is 9.47 Å². The Morgan fingerprint density at radius 2 is 2.00 bits per heavy atom. The maximum Gasteiger partial charge on any atom is 0.251 e. The van der Waals surface area contributed by atoms with Gasteiger partial charge in [0, 0.05) is 12.8 Å². The van der Waals surface area contributed by atoms with Gasteiger partial charge < -0.3 is 14.6 Å². The van der Waals surface area contributed by atoms with Gasteiger partial charge >= 0.3 is 0 Å². The zero-order valence-corrected chi connectivity index (χ0v) is 8.69. The normalized spacial score (nSPS) is 22.5. The fraction of sp³-hybridized carbons (Fsp3) is 0.500. The predicted molar refractivity (Wildman–Crippen MR) is 54.9 cm³/mol. The molecule has 0 saturated heterocycles. The van der Waals surface area contributed by atoms with Gasteiger partial charge in [-0.25, -0.2) is 0 Å². The summed E-state index contributed by atoms with van der Waals surface area (Å²) in [5.41, 5.74) is 0.869. The van der Waals surface area contributed by atoms with Crippen molar-refractivity contribution in [2.75, 3.05) is 0 Å². The van der Waals surface area contributed by atoms with Crippen molar-refractivity contribution in [3.05, 3.63) is 23.8 Å². The van der Waals surface area contributed by atoms with E-state index in [0.29, 0.717) is 0 Å². The lowest BCUT2D eigenvalue weighted by Crippen LogP contribution is -2.45. The third-order valence-corrected chi connectivity index (χ3v) is 3.16. The molecule has 1 aromatic rings. The summed E-state index contributed by atoms with van der Waals surface area (Å²) in [7, 11) is 0. The van der Waals surface area contributed by atoms with Crippen molar-refractivity contribution in [1.82, 2.24) is 0 Å². The summed E-state index contributed by atoms with van der Waals surface area (Å²) in [4.78, 5) is 0.